The summed E-state index contributed by atoms with van der Waals surface area (Å²) in [7, 11) is 9.65. The van der Waals surface area contributed by atoms with E-state index in [0.29, 0.717) is 5.92 Å². The maximum absolute atomic E-state index is 4.83. The van der Waals surface area contributed by atoms with Gasteiger partial charge < -0.3 is 7.43 Å². The molecule has 1 aliphatic rings. The second-order valence-electron chi connectivity index (χ2n) is 6.78. The first-order valence-corrected chi connectivity index (χ1v) is 12.5. The van der Waals surface area contributed by atoms with E-state index in [1.54, 1.807) is 0 Å². The van der Waals surface area contributed by atoms with Crippen LogP contribution >= 0.6 is 20.1 Å². The molecule has 0 radical (unpaired) electrons. The molecular formula is C21H30Cl2CrN. The van der Waals surface area contributed by atoms with Crippen LogP contribution < -0.4 is 0 Å². The van der Waals surface area contributed by atoms with E-state index < -0.39 is 0 Å². The molecule has 3 atom stereocenters. The third-order valence-corrected chi connectivity index (χ3v) is 5.47. The van der Waals surface area contributed by atoms with Gasteiger partial charge in [0.25, 0.3) is 0 Å². The summed E-state index contributed by atoms with van der Waals surface area (Å²) in [5, 5.41) is 1.29. The summed E-state index contributed by atoms with van der Waals surface area (Å²) in [5.74, 6) is 2.42. The zero-order valence-corrected chi connectivity index (χ0v) is 18.3. The molecular weight excluding hydrogens is 389 g/mol. The van der Waals surface area contributed by atoms with Gasteiger partial charge in [-0.15, -0.1) is 0 Å². The van der Waals surface area contributed by atoms with Crippen LogP contribution in [0.1, 0.15) is 63.9 Å². The standard InChI is InChI=1S/C20H27N.CH3.2ClH.Cr/c1-3-4-5-8-16-12-13-18(15(16)2)19-11-6-9-17-10-7-14-21-20(17)19;;;;/h6-7,9-11,14-16,18H,3-5,8,12-13H2,1-2H3;1H3;2*1H;/q;-1;;;+3/p-2. The van der Waals surface area contributed by atoms with Crippen molar-refractivity contribution < 1.29 is 13.4 Å². The molecule has 1 nitrogen and oxygen atoms in total. The van der Waals surface area contributed by atoms with Crippen LogP contribution in [0.5, 0.6) is 0 Å². The monoisotopic (exact) mass is 418 g/mol. The number of pyridine rings is 1. The molecule has 1 fully saturated rings. The van der Waals surface area contributed by atoms with Crippen LogP contribution in [-0.2, 0) is 13.4 Å². The van der Waals surface area contributed by atoms with E-state index in [9.17, 15) is 0 Å². The molecule has 25 heavy (non-hydrogen) atoms. The van der Waals surface area contributed by atoms with Gasteiger partial charge in [0, 0.05) is 11.6 Å². The van der Waals surface area contributed by atoms with Crippen LogP contribution in [0.25, 0.3) is 10.9 Å². The van der Waals surface area contributed by atoms with E-state index in [2.05, 4.69) is 43.1 Å². The maximum atomic E-state index is 4.83. The van der Waals surface area contributed by atoms with Crippen LogP contribution in [-0.4, -0.2) is 4.98 Å². The molecule has 0 N–H and O–H groups in total. The number of hydrogen-bond donors (Lipinski definition) is 0. The fourth-order valence-electron chi connectivity index (χ4n) is 4.18. The Kier molecular flexibility index (Phi) is 11.1. The second-order valence-corrected chi connectivity index (χ2v) is 8.89. The van der Waals surface area contributed by atoms with Crippen molar-refractivity contribution in [2.45, 2.75) is 58.3 Å². The van der Waals surface area contributed by atoms with E-state index in [4.69, 9.17) is 20.1 Å². The van der Waals surface area contributed by atoms with Crippen molar-refractivity contribution in [1.82, 2.24) is 4.98 Å². The number of halogens is 2. The molecule has 0 bridgehead atoms. The van der Waals surface area contributed by atoms with Gasteiger partial charge >= 0.3 is 33.5 Å². The van der Waals surface area contributed by atoms with Crippen molar-refractivity contribution in [3.63, 3.8) is 0 Å². The van der Waals surface area contributed by atoms with Crippen molar-refractivity contribution >= 4 is 31.0 Å². The van der Waals surface area contributed by atoms with Gasteiger partial charge in [-0.1, -0.05) is 63.8 Å². The number of unbranched alkanes of at least 4 members (excludes halogenated alkanes) is 2. The van der Waals surface area contributed by atoms with Crippen LogP contribution in [0, 0.1) is 19.3 Å². The van der Waals surface area contributed by atoms with E-state index in [1.165, 1.54) is 55.0 Å². The van der Waals surface area contributed by atoms with Gasteiger partial charge in [-0.25, -0.2) is 0 Å². The molecule has 1 saturated carbocycles. The summed E-state index contributed by atoms with van der Waals surface area (Å²) in [6.45, 7) is 4.76. The topological polar surface area (TPSA) is 12.9 Å². The molecule has 2 aromatic rings. The third-order valence-electron chi connectivity index (χ3n) is 5.47. The molecule has 0 spiro atoms. The predicted octanol–water partition coefficient (Wildman–Crippen LogP) is 7.77. The predicted molar refractivity (Wildman–Crippen MR) is 109 cm³/mol. The summed E-state index contributed by atoms with van der Waals surface area (Å²) in [6, 6.07) is 10.9. The number of fused-ring (bicyclic) bond motifs is 1. The van der Waals surface area contributed by atoms with E-state index >= 15 is 0 Å². The molecule has 3 rings (SSSR count). The average Bonchev–Trinajstić information content (AvgIpc) is 2.96. The van der Waals surface area contributed by atoms with E-state index in [-0.39, 0.29) is 20.8 Å². The van der Waals surface area contributed by atoms with Gasteiger partial charge in [-0.2, -0.15) is 0 Å². The second kappa shape index (κ2) is 12.2. The van der Waals surface area contributed by atoms with E-state index in [1.807, 2.05) is 12.3 Å². The number of rotatable bonds is 5. The van der Waals surface area contributed by atoms with Gasteiger partial charge in [0.15, 0.2) is 0 Å². The van der Waals surface area contributed by atoms with Gasteiger partial charge in [0.1, 0.15) is 0 Å². The third kappa shape index (κ3) is 6.14. The Bertz CT molecular complexity index is 614. The Morgan fingerprint density at radius 1 is 1.12 bits per heavy atom. The zero-order valence-electron chi connectivity index (χ0n) is 15.6. The van der Waals surface area contributed by atoms with Gasteiger partial charge in [0.05, 0.1) is 5.52 Å². The number of nitrogens with zero attached hydrogens (tertiary/aromatic N) is 1. The molecule has 1 aromatic heterocycles. The fraction of sp³-hybridized carbons (Fsp3) is 0.524. The molecule has 1 aliphatic carbocycles. The molecule has 3 unspecified atom stereocenters. The van der Waals surface area contributed by atoms with E-state index in [0.717, 1.165) is 11.8 Å². The Balaban J connectivity index is 0.000000730. The molecule has 1 heterocycles. The van der Waals surface area contributed by atoms with Gasteiger partial charge in [0.2, 0.25) is 0 Å². The first kappa shape index (κ1) is 22.8. The minimum atomic E-state index is -0.181. The van der Waals surface area contributed by atoms with Crippen LogP contribution in [0.4, 0.5) is 0 Å². The number of aromatic nitrogens is 1. The zero-order chi connectivity index (χ0) is 17.4. The van der Waals surface area contributed by atoms with Crippen LogP contribution in [0.3, 0.4) is 0 Å². The van der Waals surface area contributed by atoms with Gasteiger partial charge in [-0.3, -0.25) is 4.98 Å². The molecule has 139 valence electrons. The van der Waals surface area contributed by atoms with Gasteiger partial charge in [-0.05, 0) is 42.2 Å². The molecule has 0 amide bonds. The Hall–Kier alpha value is -0.258. The molecule has 1 aromatic carbocycles. The Labute approximate surface area is 168 Å². The molecule has 0 aliphatic heterocycles. The number of benzene rings is 1. The van der Waals surface area contributed by atoms with Crippen molar-refractivity contribution in [3.8, 4) is 0 Å². The molecule has 4 heteroatoms. The fourth-order valence-corrected chi connectivity index (χ4v) is 4.18. The quantitative estimate of drug-likeness (QED) is 0.356. The van der Waals surface area contributed by atoms with Crippen LogP contribution in [0.2, 0.25) is 0 Å². The summed E-state index contributed by atoms with van der Waals surface area (Å²) >= 11 is -0.181. The van der Waals surface area contributed by atoms with Crippen LogP contribution in [0.15, 0.2) is 36.5 Å². The van der Waals surface area contributed by atoms with Crippen molar-refractivity contribution in [2.75, 3.05) is 0 Å². The SMILES string of the molecule is CCCCCC1CCC(c2cccc3cccnc23)C1C.[CH3-].[Cl][Cr+][Cl]. The Morgan fingerprint density at radius 3 is 2.56 bits per heavy atom. The minimum absolute atomic E-state index is 0. The first-order valence-electron chi connectivity index (χ1n) is 8.95. The normalized spacial score (nSPS) is 22.0. The van der Waals surface area contributed by atoms with Crippen molar-refractivity contribution in [1.29, 1.82) is 0 Å². The summed E-state index contributed by atoms with van der Waals surface area (Å²) in [5.41, 5.74) is 2.71. The molecule has 0 saturated heterocycles. The number of para-hydroxylation sites is 1. The summed E-state index contributed by atoms with van der Waals surface area (Å²) in [6.07, 6.45) is 10.2. The first-order chi connectivity index (χ1) is 11.7. The summed E-state index contributed by atoms with van der Waals surface area (Å²) in [4.78, 5) is 4.66. The average molecular weight is 419 g/mol. The summed E-state index contributed by atoms with van der Waals surface area (Å²) < 4.78 is 0. The van der Waals surface area contributed by atoms with Crippen molar-refractivity contribution in [3.05, 3.63) is 49.5 Å². The van der Waals surface area contributed by atoms with Crippen molar-refractivity contribution in [2.24, 2.45) is 11.8 Å². The number of hydrogen-bond acceptors (Lipinski definition) is 1. The Morgan fingerprint density at radius 2 is 1.84 bits per heavy atom.